The van der Waals surface area contributed by atoms with Crippen LogP contribution >= 0.6 is 0 Å². The highest BCUT2D eigenvalue weighted by atomic mass is 16.5. The molecule has 1 aromatic rings. The lowest BCUT2D eigenvalue weighted by Gasteiger charge is -2.17. The van der Waals surface area contributed by atoms with Gasteiger partial charge in [-0.25, -0.2) is 0 Å². The molecule has 0 saturated carbocycles. The number of hydrogen-bond acceptors (Lipinski definition) is 4. The first-order valence-corrected chi connectivity index (χ1v) is 6.07. The molecule has 1 aromatic carbocycles. The van der Waals surface area contributed by atoms with Gasteiger partial charge in [0.05, 0.1) is 12.1 Å². The average Bonchev–Trinajstić information content (AvgIpc) is 2.36. The number of ether oxygens (including phenoxy) is 1. The molecule has 1 rings (SSSR count). The largest absolute Gasteiger partial charge is 0.491 e. The summed E-state index contributed by atoms with van der Waals surface area (Å²) in [6.07, 6.45) is 0.893. The van der Waals surface area contributed by atoms with E-state index in [0.717, 1.165) is 17.9 Å². The zero-order valence-electron chi connectivity index (χ0n) is 11.1. The van der Waals surface area contributed by atoms with Crippen molar-refractivity contribution in [3.8, 4) is 5.75 Å². The maximum Gasteiger partial charge on any atom is 0.161 e. The average molecular weight is 251 g/mol. The van der Waals surface area contributed by atoms with Crippen LogP contribution in [0.4, 0.5) is 5.69 Å². The van der Waals surface area contributed by atoms with Crippen LogP contribution in [0.1, 0.15) is 27.2 Å². The van der Waals surface area contributed by atoms with Crippen LogP contribution in [0.3, 0.4) is 0 Å². The minimum absolute atomic E-state index is 0.157. The predicted molar refractivity (Wildman–Crippen MR) is 73.3 cm³/mol. The second-order valence-corrected chi connectivity index (χ2v) is 4.32. The van der Waals surface area contributed by atoms with E-state index in [2.05, 4.69) is 10.5 Å². The zero-order chi connectivity index (χ0) is 13.5. The van der Waals surface area contributed by atoms with E-state index >= 15 is 0 Å². The summed E-state index contributed by atoms with van der Waals surface area (Å²) in [6, 6.07) is 7.42. The van der Waals surface area contributed by atoms with E-state index in [1.807, 2.05) is 45.0 Å². The second kappa shape index (κ2) is 6.74. The lowest BCUT2D eigenvalue weighted by molar-refractivity contribution is 0.242. The Bertz CT molecular complexity index is 388. The topological polar surface area (TPSA) is 79.9 Å². The predicted octanol–water partition coefficient (Wildman–Crippen LogP) is 2.41. The number of nitrogens with two attached hydrogens (primary N) is 1. The van der Waals surface area contributed by atoms with Gasteiger partial charge in [0.15, 0.2) is 5.84 Å². The van der Waals surface area contributed by atoms with Gasteiger partial charge in [-0.3, -0.25) is 0 Å². The monoisotopic (exact) mass is 251 g/mol. The third-order valence-corrected chi connectivity index (χ3v) is 2.45. The van der Waals surface area contributed by atoms with Crippen molar-refractivity contribution < 1.29 is 9.94 Å². The van der Waals surface area contributed by atoms with E-state index < -0.39 is 0 Å². The molecule has 5 heteroatoms. The van der Waals surface area contributed by atoms with Gasteiger partial charge in [-0.05, 0) is 44.5 Å². The number of anilines is 1. The number of amidine groups is 1. The molecule has 0 aliphatic rings. The van der Waals surface area contributed by atoms with Crippen molar-refractivity contribution >= 4 is 11.5 Å². The van der Waals surface area contributed by atoms with Gasteiger partial charge < -0.3 is 21.0 Å². The summed E-state index contributed by atoms with van der Waals surface area (Å²) in [7, 11) is 0. The van der Waals surface area contributed by atoms with Crippen molar-refractivity contribution in [2.24, 2.45) is 10.9 Å². The highest BCUT2D eigenvalue weighted by molar-refractivity contribution is 5.87. The van der Waals surface area contributed by atoms with Crippen molar-refractivity contribution in [2.45, 2.75) is 39.3 Å². The Labute approximate surface area is 108 Å². The molecule has 0 aliphatic carbocycles. The van der Waals surface area contributed by atoms with E-state index in [1.165, 1.54) is 0 Å². The smallest absolute Gasteiger partial charge is 0.161 e. The van der Waals surface area contributed by atoms with Crippen LogP contribution in [-0.4, -0.2) is 23.2 Å². The molecule has 18 heavy (non-hydrogen) atoms. The highest BCUT2D eigenvalue weighted by Crippen LogP contribution is 2.18. The van der Waals surface area contributed by atoms with Gasteiger partial charge in [0.25, 0.3) is 0 Å². The van der Waals surface area contributed by atoms with E-state index in [4.69, 9.17) is 15.7 Å². The van der Waals surface area contributed by atoms with Crippen molar-refractivity contribution in [3.05, 3.63) is 24.3 Å². The minimum Gasteiger partial charge on any atom is -0.491 e. The minimum atomic E-state index is -0.174. The van der Waals surface area contributed by atoms with Gasteiger partial charge in [-0.1, -0.05) is 12.1 Å². The molecule has 0 bridgehead atoms. The van der Waals surface area contributed by atoms with E-state index in [-0.39, 0.29) is 18.0 Å². The summed E-state index contributed by atoms with van der Waals surface area (Å²) >= 11 is 0. The SMILES string of the molecule is CCC(Nc1ccc(OC(C)C)cc1)/C(N)=N/O. The Balaban J connectivity index is 2.68. The molecule has 0 aliphatic heterocycles. The lowest BCUT2D eigenvalue weighted by atomic mass is 10.2. The van der Waals surface area contributed by atoms with Crippen molar-refractivity contribution in [3.63, 3.8) is 0 Å². The first-order chi connectivity index (χ1) is 8.56. The van der Waals surface area contributed by atoms with Gasteiger partial charge in [0.1, 0.15) is 5.75 Å². The maximum atomic E-state index is 8.66. The van der Waals surface area contributed by atoms with Crippen LogP contribution in [-0.2, 0) is 0 Å². The first-order valence-electron chi connectivity index (χ1n) is 6.07. The Kier molecular flexibility index (Phi) is 5.30. The summed E-state index contributed by atoms with van der Waals surface area (Å²) in [5.41, 5.74) is 6.49. The third kappa shape index (κ3) is 4.16. The molecule has 1 atom stereocenters. The second-order valence-electron chi connectivity index (χ2n) is 4.32. The number of hydrogen-bond donors (Lipinski definition) is 3. The van der Waals surface area contributed by atoms with Gasteiger partial charge in [0, 0.05) is 5.69 Å². The lowest BCUT2D eigenvalue weighted by Crippen LogP contribution is -2.35. The first kappa shape index (κ1) is 14.2. The van der Waals surface area contributed by atoms with Gasteiger partial charge in [0.2, 0.25) is 0 Å². The van der Waals surface area contributed by atoms with Crippen LogP contribution < -0.4 is 15.8 Å². The van der Waals surface area contributed by atoms with Gasteiger partial charge in [-0.2, -0.15) is 0 Å². The fraction of sp³-hybridized carbons (Fsp3) is 0.462. The number of rotatable bonds is 6. The molecule has 0 aromatic heterocycles. The number of benzene rings is 1. The molecule has 0 saturated heterocycles. The molecule has 0 heterocycles. The Morgan fingerprint density at radius 1 is 1.39 bits per heavy atom. The summed E-state index contributed by atoms with van der Waals surface area (Å²) in [6.45, 7) is 5.93. The Morgan fingerprint density at radius 2 is 2.00 bits per heavy atom. The van der Waals surface area contributed by atoms with Crippen LogP contribution in [0.5, 0.6) is 5.75 Å². The van der Waals surface area contributed by atoms with Crippen molar-refractivity contribution in [2.75, 3.05) is 5.32 Å². The summed E-state index contributed by atoms with van der Waals surface area (Å²) in [4.78, 5) is 0. The van der Waals surface area contributed by atoms with Gasteiger partial charge >= 0.3 is 0 Å². The fourth-order valence-corrected chi connectivity index (χ4v) is 1.56. The number of oxime groups is 1. The van der Waals surface area contributed by atoms with E-state index in [9.17, 15) is 0 Å². The quantitative estimate of drug-likeness (QED) is 0.314. The van der Waals surface area contributed by atoms with E-state index in [0.29, 0.717) is 0 Å². The molecule has 1 unspecified atom stereocenters. The van der Waals surface area contributed by atoms with Crippen molar-refractivity contribution in [1.82, 2.24) is 0 Å². The van der Waals surface area contributed by atoms with Crippen LogP contribution in [0, 0.1) is 0 Å². The van der Waals surface area contributed by atoms with E-state index in [1.54, 1.807) is 0 Å². The summed E-state index contributed by atoms with van der Waals surface area (Å²) < 4.78 is 5.55. The molecule has 100 valence electrons. The Morgan fingerprint density at radius 3 is 2.44 bits per heavy atom. The molecule has 0 fully saturated rings. The molecule has 4 N–H and O–H groups in total. The summed E-state index contributed by atoms with van der Waals surface area (Å²) in [5, 5.41) is 14.9. The third-order valence-electron chi connectivity index (χ3n) is 2.45. The number of nitrogens with one attached hydrogen (secondary N) is 1. The molecule has 0 amide bonds. The molecule has 5 nitrogen and oxygen atoms in total. The van der Waals surface area contributed by atoms with Crippen molar-refractivity contribution in [1.29, 1.82) is 0 Å². The standard InChI is InChI=1S/C13H21N3O2/c1-4-12(13(14)16-17)15-10-5-7-11(8-6-10)18-9(2)3/h5-9,12,15,17H,4H2,1-3H3,(H2,14,16). The van der Waals surface area contributed by atoms with Gasteiger partial charge in [-0.15, -0.1) is 0 Å². The highest BCUT2D eigenvalue weighted by Gasteiger charge is 2.11. The molecule has 0 spiro atoms. The zero-order valence-corrected chi connectivity index (χ0v) is 11.1. The van der Waals surface area contributed by atoms with Crippen LogP contribution in [0.25, 0.3) is 0 Å². The molecular formula is C13H21N3O2. The Hall–Kier alpha value is -1.91. The van der Waals surface area contributed by atoms with Crippen LogP contribution in [0.2, 0.25) is 0 Å². The molecular weight excluding hydrogens is 230 g/mol. The fourth-order valence-electron chi connectivity index (χ4n) is 1.56. The van der Waals surface area contributed by atoms with Crippen LogP contribution in [0.15, 0.2) is 29.4 Å². The normalized spacial score (nSPS) is 13.4. The number of nitrogens with zero attached hydrogens (tertiary/aromatic N) is 1. The molecule has 0 radical (unpaired) electrons. The summed E-state index contributed by atoms with van der Waals surface area (Å²) in [5.74, 6) is 1.01. The maximum absolute atomic E-state index is 8.66.